The number of amides is 2. The van der Waals surface area contributed by atoms with E-state index in [1.165, 1.54) is 13.2 Å². The summed E-state index contributed by atoms with van der Waals surface area (Å²) >= 11 is 1.57. The quantitative estimate of drug-likeness (QED) is 0.211. The van der Waals surface area contributed by atoms with Gasteiger partial charge in [-0.05, 0) is 84.7 Å². The standard InChI is InChI=1S/C34H34N4O6S/c1-43-34(42)30-24(10-11-28(38-30)33(41)37-22-6-8-23(39)9-7-22)25-17-29-27(31-20(12-14-44-29)13-15-45-31)16-26(25)32(40)36-21-4-2-19(18-35)3-5-21/h2-5,10-11,13,15-17,22-23,39H,6-9,12,14,18,35H2,1H3,(H,36,40)(H,37,41). The Morgan fingerprint density at radius 3 is 2.51 bits per heavy atom. The predicted molar refractivity (Wildman–Crippen MR) is 172 cm³/mol. The first-order valence-corrected chi connectivity index (χ1v) is 15.8. The number of aliphatic hydroxyl groups is 1. The van der Waals surface area contributed by atoms with Crippen LogP contribution in [-0.2, 0) is 17.7 Å². The number of ether oxygens (including phenoxy) is 2. The van der Waals surface area contributed by atoms with Crippen molar-refractivity contribution in [1.29, 1.82) is 0 Å². The smallest absolute Gasteiger partial charge is 0.357 e. The number of benzene rings is 2. The molecule has 45 heavy (non-hydrogen) atoms. The van der Waals surface area contributed by atoms with Crippen molar-refractivity contribution in [1.82, 2.24) is 10.3 Å². The molecule has 5 N–H and O–H groups in total. The molecule has 0 saturated heterocycles. The molecule has 0 unspecified atom stereocenters. The average Bonchev–Trinajstić information content (AvgIpc) is 3.46. The van der Waals surface area contributed by atoms with Crippen molar-refractivity contribution in [3.63, 3.8) is 0 Å². The summed E-state index contributed by atoms with van der Waals surface area (Å²) in [5.74, 6) is -0.997. The molecule has 1 saturated carbocycles. The number of hydrogen-bond donors (Lipinski definition) is 4. The van der Waals surface area contributed by atoms with E-state index in [0.717, 1.165) is 28.0 Å². The van der Waals surface area contributed by atoms with Gasteiger partial charge < -0.3 is 30.9 Å². The van der Waals surface area contributed by atoms with E-state index in [1.54, 1.807) is 41.7 Å². The summed E-state index contributed by atoms with van der Waals surface area (Å²) < 4.78 is 11.2. The number of nitrogens with zero attached hydrogens (tertiary/aromatic N) is 1. The Morgan fingerprint density at radius 2 is 1.78 bits per heavy atom. The normalized spacial score (nSPS) is 17.2. The van der Waals surface area contributed by atoms with Crippen LogP contribution in [0.1, 0.15) is 68.1 Å². The molecule has 3 heterocycles. The maximum atomic E-state index is 14.0. The number of esters is 1. The third-order valence-corrected chi connectivity index (χ3v) is 9.25. The highest BCUT2D eigenvalue weighted by molar-refractivity contribution is 7.13. The Bertz CT molecular complexity index is 1740. The zero-order valence-corrected chi connectivity index (χ0v) is 25.6. The first-order valence-electron chi connectivity index (χ1n) is 14.9. The van der Waals surface area contributed by atoms with Crippen LogP contribution < -0.4 is 21.1 Å². The Morgan fingerprint density at radius 1 is 1.00 bits per heavy atom. The highest BCUT2D eigenvalue weighted by Gasteiger charge is 2.28. The van der Waals surface area contributed by atoms with Gasteiger partial charge in [0.2, 0.25) is 0 Å². The summed E-state index contributed by atoms with van der Waals surface area (Å²) in [6.07, 6.45) is 2.90. The molecule has 0 atom stereocenters. The van der Waals surface area contributed by atoms with Crippen molar-refractivity contribution >= 4 is 34.8 Å². The number of rotatable bonds is 7. The SMILES string of the molecule is COC(=O)c1nc(C(=O)NC2CCC(O)CC2)ccc1-c1cc2c(cc1C(=O)Nc1ccc(CN)cc1)-c1sccc1CCO2. The van der Waals surface area contributed by atoms with Crippen molar-refractivity contribution in [2.75, 3.05) is 19.0 Å². The summed E-state index contributed by atoms with van der Waals surface area (Å²) in [5, 5.41) is 17.8. The molecular formula is C34H34N4O6S. The van der Waals surface area contributed by atoms with Crippen molar-refractivity contribution < 1.29 is 29.0 Å². The van der Waals surface area contributed by atoms with E-state index < -0.39 is 17.8 Å². The van der Waals surface area contributed by atoms with Crippen LogP contribution in [-0.4, -0.2) is 53.7 Å². The van der Waals surface area contributed by atoms with Crippen LogP contribution in [0, 0.1) is 0 Å². The molecule has 1 fully saturated rings. The zero-order valence-electron chi connectivity index (χ0n) is 24.8. The molecule has 2 aromatic carbocycles. The summed E-state index contributed by atoms with van der Waals surface area (Å²) in [6, 6.07) is 15.9. The molecule has 232 valence electrons. The van der Waals surface area contributed by atoms with Crippen LogP contribution in [0.4, 0.5) is 5.69 Å². The summed E-state index contributed by atoms with van der Waals surface area (Å²) in [4.78, 5) is 45.7. The number of hydrogen-bond acceptors (Lipinski definition) is 9. The molecule has 2 aliphatic rings. The number of carbonyl (C=O) groups excluding carboxylic acids is 3. The maximum absolute atomic E-state index is 14.0. The minimum Gasteiger partial charge on any atom is -0.493 e. The first kappa shape index (κ1) is 30.4. The topological polar surface area (TPSA) is 153 Å². The third kappa shape index (κ3) is 6.46. The lowest BCUT2D eigenvalue weighted by Crippen LogP contribution is -2.39. The van der Waals surface area contributed by atoms with Gasteiger partial charge in [-0.2, -0.15) is 0 Å². The van der Waals surface area contributed by atoms with Gasteiger partial charge in [-0.1, -0.05) is 12.1 Å². The van der Waals surface area contributed by atoms with E-state index in [4.69, 9.17) is 15.2 Å². The van der Waals surface area contributed by atoms with Gasteiger partial charge in [0.1, 0.15) is 11.4 Å². The van der Waals surface area contributed by atoms with Crippen molar-refractivity contribution in [3.05, 3.63) is 88.1 Å². The Balaban J connectivity index is 1.43. The van der Waals surface area contributed by atoms with Crippen molar-refractivity contribution in [2.45, 2.75) is 50.8 Å². The van der Waals surface area contributed by atoms with Gasteiger partial charge in [-0.15, -0.1) is 11.3 Å². The second kappa shape index (κ2) is 13.2. The van der Waals surface area contributed by atoms with Gasteiger partial charge in [0, 0.05) is 51.8 Å². The lowest BCUT2D eigenvalue weighted by molar-refractivity contribution is 0.0594. The number of pyridine rings is 1. The predicted octanol–water partition coefficient (Wildman–Crippen LogP) is 4.94. The second-order valence-electron chi connectivity index (χ2n) is 11.2. The van der Waals surface area contributed by atoms with E-state index in [0.29, 0.717) is 67.0 Å². The maximum Gasteiger partial charge on any atom is 0.357 e. The van der Waals surface area contributed by atoms with Crippen LogP contribution in [0.2, 0.25) is 0 Å². The van der Waals surface area contributed by atoms with E-state index in [1.807, 2.05) is 17.5 Å². The van der Waals surface area contributed by atoms with Crippen LogP contribution in [0.25, 0.3) is 21.6 Å². The van der Waals surface area contributed by atoms with Crippen molar-refractivity contribution in [2.24, 2.45) is 5.73 Å². The molecule has 1 aliphatic heterocycles. The molecule has 2 aromatic heterocycles. The number of carbonyl (C=O) groups is 3. The minimum absolute atomic E-state index is 0.0468. The number of aliphatic hydroxyl groups excluding tert-OH is 1. The van der Waals surface area contributed by atoms with Gasteiger partial charge >= 0.3 is 5.97 Å². The van der Waals surface area contributed by atoms with Crippen LogP contribution in [0.15, 0.2) is 60.0 Å². The molecule has 4 aromatic rings. The number of nitrogens with one attached hydrogen (secondary N) is 2. The molecule has 1 aliphatic carbocycles. The van der Waals surface area contributed by atoms with Crippen LogP contribution in [0.5, 0.6) is 5.75 Å². The zero-order chi connectivity index (χ0) is 31.5. The van der Waals surface area contributed by atoms with E-state index in [2.05, 4.69) is 21.7 Å². The van der Waals surface area contributed by atoms with Gasteiger partial charge in [0.25, 0.3) is 11.8 Å². The molecule has 0 radical (unpaired) electrons. The fourth-order valence-electron chi connectivity index (χ4n) is 5.78. The van der Waals surface area contributed by atoms with Crippen LogP contribution >= 0.6 is 11.3 Å². The number of aromatic nitrogens is 1. The lowest BCUT2D eigenvalue weighted by atomic mass is 9.92. The molecule has 10 nitrogen and oxygen atoms in total. The molecule has 0 bridgehead atoms. The second-order valence-corrected chi connectivity index (χ2v) is 12.1. The number of fused-ring (bicyclic) bond motifs is 3. The fraction of sp³-hybridized carbons (Fsp3) is 0.294. The van der Waals surface area contributed by atoms with Gasteiger partial charge in [0.05, 0.1) is 19.8 Å². The Kier molecular flexibility index (Phi) is 8.92. The highest BCUT2D eigenvalue weighted by atomic mass is 32.1. The first-order chi connectivity index (χ1) is 21.8. The fourth-order valence-corrected chi connectivity index (χ4v) is 6.76. The minimum atomic E-state index is -0.749. The van der Waals surface area contributed by atoms with E-state index in [9.17, 15) is 19.5 Å². The molecule has 0 spiro atoms. The van der Waals surface area contributed by atoms with Gasteiger partial charge in [-0.3, -0.25) is 9.59 Å². The summed E-state index contributed by atoms with van der Waals surface area (Å²) in [7, 11) is 1.24. The Labute approximate surface area is 264 Å². The van der Waals surface area contributed by atoms with Gasteiger partial charge in [-0.25, -0.2) is 9.78 Å². The number of anilines is 1. The number of methoxy groups -OCH3 is 1. The molecule has 11 heteroatoms. The summed E-state index contributed by atoms with van der Waals surface area (Å²) in [6.45, 7) is 0.835. The molecule has 6 rings (SSSR count). The van der Waals surface area contributed by atoms with Crippen molar-refractivity contribution in [3.8, 4) is 27.3 Å². The number of nitrogens with two attached hydrogens (primary N) is 1. The lowest BCUT2D eigenvalue weighted by Gasteiger charge is -2.26. The molecule has 2 amide bonds. The monoisotopic (exact) mass is 626 g/mol. The van der Waals surface area contributed by atoms with E-state index in [-0.39, 0.29) is 23.5 Å². The summed E-state index contributed by atoms with van der Waals surface area (Å²) in [5.41, 5.74) is 10.1. The van der Waals surface area contributed by atoms with E-state index >= 15 is 0 Å². The highest BCUT2D eigenvalue weighted by Crippen LogP contribution is 2.43. The largest absolute Gasteiger partial charge is 0.493 e. The number of thiophene rings is 1. The van der Waals surface area contributed by atoms with Crippen LogP contribution in [0.3, 0.4) is 0 Å². The third-order valence-electron chi connectivity index (χ3n) is 8.26. The average molecular weight is 627 g/mol. The molecular weight excluding hydrogens is 592 g/mol. The Hall–Kier alpha value is -4.58. The van der Waals surface area contributed by atoms with Gasteiger partial charge in [0.15, 0.2) is 5.69 Å².